The molecule has 0 fully saturated rings. The minimum absolute atomic E-state index is 0.0445. The number of carboxylic acid groups (broad SMARTS) is 1. The average molecular weight is 299 g/mol. The first-order valence-electron chi connectivity index (χ1n) is 6.58. The van der Waals surface area contributed by atoms with Gasteiger partial charge in [0.05, 0.1) is 17.0 Å². The van der Waals surface area contributed by atoms with E-state index in [1.165, 1.54) is 29.8 Å². The third kappa shape index (κ3) is 2.62. The molecule has 1 atom stereocenters. The SMILES string of the molecule is CC(C(=O)O)c1cn(C(C)C)c2c(C(F)(F)F)cccc12. The van der Waals surface area contributed by atoms with Crippen LogP contribution in [0.2, 0.25) is 0 Å². The third-order valence-electron chi connectivity index (χ3n) is 3.58. The number of aliphatic carboxylic acids is 1. The molecule has 0 saturated heterocycles. The number of rotatable bonds is 3. The van der Waals surface area contributed by atoms with Crippen molar-refractivity contribution in [1.82, 2.24) is 4.57 Å². The fourth-order valence-corrected chi connectivity index (χ4v) is 2.45. The van der Waals surface area contributed by atoms with Gasteiger partial charge in [-0.25, -0.2) is 0 Å². The number of halogens is 3. The van der Waals surface area contributed by atoms with Crippen LogP contribution in [0.4, 0.5) is 13.2 Å². The highest BCUT2D eigenvalue weighted by atomic mass is 19.4. The molecule has 114 valence electrons. The Hall–Kier alpha value is -1.98. The van der Waals surface area contributed by atoms with Crippen molar-refractivity contribution in [2.24, 2.45) is 0 Å². The van der Waals surface area contributed by atoms with Gasteiger partial charge in [0.15, 0.2) is 0 Å². The Morgan fingerprint density at radius 1 is 1.24 bits per heavy atom. The van der Waals surface area contributed by atoms with Crippen LogP contribution in [0, 0.1) is 0 Å². The molecule has 1 heterocycles. The Morgan fingerprint density at radius 3 is 2.33 bits per heavy atom. The van der Waals surface area contributed by atoms with Gasteiger partial charge < -0.3 is 9.67 Å². The molecule has 1 unspecified atom stereocenters. The van der Waals surface area contributed by atoms with E-state index in [0.29, 0.717) is 10.9 Å². The highest BCUT2D eigenvalue weighted by molar-refractivity contribution is 5.92. The predicted octanol–water partition coefficient (Wildman–Crippen LogP) is 4.43. The molecule has 0 aliphatic rings. The second-order valence-electron chi connectivity index (χ2n) is 5.34. The van der Waals surface area contributed by atoms with Crippen LogP contribution in [0.3, 0.4) is 0 Å². The van der Waals surface area contributed by atoms with Crippen LogP contribution < -0.4 is 0 Å². The van der Waals surface area contributed by atoms with Crippen molar-refractivity contribution >= 4 is 16.9 Å². The fraction of sp³-hybridized carbons (Fsp3) is 0.400. The summed E-state index contributed by atoms with van der Waals surface area (Å²) in [6, 6.07) is 3.67. The number of fused-ring (bicyclic) bond motifs is 1. The molecule has 0 aliphatic carbocycles. The molecule has 2 rings (SSSR count). The van der Waals surface area contributed by atoms with Crippen LogP contribution >= 0.6 is 0 Å². The highest BCUT2D eigenvalue weighted by Crippen LogP contribution is 2.39. The lowest BCUT2D eigenvalue weighted by molar-refractivity contribution is -0.138. The van der Waals surface area contributed by atoms with E-state index >= 15 is 0 Å². The fourth-order valence-electron chi connectivity index (χ4n) is 2.45. The van der Waals surface area contributed by atoms with Crippen molar-refractivity contribution in [3.63, 3.8) is 0 Å². The van der Waals surface area contributed by atoms with Crippen molar-refractivity contribution in [2.75, 3.05) is 0 Å². The van der Waals surface area contributed by atoms with Crippen molar-refractivity contribution in [2.45, 2.75) is 38.9 Å². The van der Waals surface area contributed by atoms with Gasteiger partial charge in [-0.3, -0.25) is 4.79 Å². The molecule has 2 aromatic rings. The van der Waals surface area contributed by atoms with Crippen LogP contribution in [0.15, 0.2) is 24.4 Å². The molecule has 3 nitrogen and oxygen atoms in total. The summed E-state index contributed by atoms with van der Waals surface area (Å²) in [6.07, 6.45) is -2.96. The molecule has 1 N–H and O–H groups in total. The van der Waals surface area contributed by atoms with Crippen LogP contribution in [-0.4, -0.2) is 15.6 Å². The summed E-state index contributed by atoms with van der Waals surface area (Å²) in [7, 11) is 0. The maximum absolute atomic E-state index is 13.2. The zero-order valence-electron chi connectivity index (χ0n) is 11.9. The van der Waals surface area contributed by atoms with Crippen molar-refractivity contribution in [3.05, 3.63) is 35.5 Å². The molecular formula is C15H16F3NO2. The minimum atomic E-state index is -4.48. The Bertz CT molecular complexity index is 686. The zero-order valence-corrected chi connectivity index (χ0v) is 11.9. The minimum Gasteiger partial charge on any atom is -0.481 e. The molecule has 1 aromatic carbocycles. The number of carbonyl (C=O) groups is 1. The number of hydrogen-bond acceptors (Lipinski definition) is 1. The molecule has 0 radical (unpaired) electrons. The van der Waals surface area contributed by atoms with E-state index in [1.807, 2.05) is 0 Å². The molecule has 6 heteroatoms. The van der Waals surface area contributed by atoms with Gasteiger partial charge in [-0.15, -0.1) is 0 Å². The van der Waals surface area contributed by atoms with E-state index in [9.17, 15) is 18.0 Å². The van der Waals surface area contributed by atoms with Crippen molar-refractivity contribution in [1.29, 1.82) is 0 Å². The quantitative estimate of drug-likeness (QED) is 0.911. The molecular weight excluding hydrogens is 283 g/mol. The van der Waals surface area contributed by atoms with Gasteiger partial charge in [0, 0.05) is 17.6 Å². The van der Waals surface area contributed by atoms with E-state index in [4.69, 9.17) is 5.11 Å². The van der Waals surface area contributed by atoms with Gasteiger partial charge in [-0.2, -0.15) is 13.2 Å². The second kappa shape index (κ2) is 5.09. The average Bonchev–Trinajstić information content (AvgIpc) is 2.75. The number of benzene rings is 1. The summed E-state index contributed by atoms with van der Waals surface area (Å²) in [5, 5.41) is 9.48. The van der Waals surface area contributed by atoms with Gasteiger partial charge >= 0.3 is 12.1 Å². The summed E-state index contributed by atoms with van der Waals surface area (Å²) in [4.78, 5) is 11.2. The van der Waals surface area contributed by atoms with E-state index in [1.54, 1.807) is 13.8 Å². The lowest BCUT2D eigenvalue weighted by Crippen LogP contribution is -2.09. The Morgan fingerprint density at radius 2 is 1.86 bits per heavy atom. The van der Waals surface area contributed by atoms with Gasteiger partial charge in [0.25, 0.3) is 0 Å². The standard InChI is InChI=1S/C15H16F3NO2/c1-8(2)19-7-11(9(3)14(20)21)10-5-4-6-12(13(10)19)15(16,17)18/h4-9H,1-3H3,(H,20,21). The molecule has 21 heavy (non-hydrogen) atoms. The molecule has 0 saturated carbocycles. The summed E-state index contributed by atoms with van der Waals surface area (Å²) in [5.41, 5.74) is -0.294. The Kier molecular flexibility index (Phi) is 3.74. The largest absolute Gasteiger partial charge is 0.481 e. The first kappa shape index (κ1) is 15.4. The summed E-state index contributed by atoms with van der Waals surface area (Å²) in [6.45, 7) is 5.01. The van der Waals surface area contributed by atoms with Gasteiger partial charge in [0.1, 0.15) is 0 Å². The van der Waals surface area contributed by atoms with Gasteiger partial charge in [-0.05, 0) is 32.4 Å². The molecule has 0 amide bonds. The molecule has 1 aromatic heterocycles. The summed E-state index contributed by atoms with van der Waals surface area (Å²) in [5.74, 6) is -1.92. The monoisotopic (exact) mass is 299 g/mol. The summed E-state index contributed by atoms with van der Waals surface area (Å²) < 4.78 is 41.1. The van der Waals surface area contributed by atoms with Gasteiger partial charge in [-0.1, -0.05) is 12.1 Å². The lowest BCUT2D eigenvalue weighted by Gasteiger charge is -2.14. The number of hydrogen-bond donors (Lipinski definition) is 1. The number of nitrogens with zero attached hydrogens (tertiary/aromatic N) is 1. The molecule has 0 bridgehead atoms. The first-order valence-corrected chi connectivity index (χ1v) is 6.58. The Balaban J connectivity index is 2.85. The van der Waals surface area contributed by atoms with E-state index < -0.39 is 23.6 Å². The van der Waals surface area contributed by atoms with E-state index in [0.717, 1.165) is 6.07 Å². The van der Waals surface area contributed by atoms with Crippen LogP contribution in [-0.2, 0) is 11.0 Å². The number of aromatic nitrogens is 1. The van der Waals surface area contributed by atoms with E-state index in [2.05, 4.69) is 0 Å². The third-order valence-corrected chi connectivity index (χ3v) is 3.58. The van der Waals surface area contributed by atoms with Crippen LogP contribution in [0.25, 0.3) is 10.9 Å². The summed E-state index contributed by atoms with van der Waals surface area (Å²) >= 11 is 0. The van der Waals surface area contributed by atoms with Gasteiger partial charge in [0.2, 0.25) is 0 Å². The smallest absolute Gasteiger partial charge is 0.418 e. The maximum Gasteiger partial charge on any atom is 0.418 e. The number of para-hydroxylation sites is 1. The van der Waals surface area contributed by atoms with Crippen molar-refractivity contribution < 1.29 is 23.1 Å². The van der Waals surface area contributed by atoms with Crippen LogP contribution in [0.1, 0.15) is 43.9 Å². The lowest BCUT2D eigenvalue weighted by atomic mass is 9.99. The number of alkyl halides is 3. The number of carboxylic acids is 1. The second-order valence-corrected chi connectivity index (χ2v) is 5.34. The topological polar surface area (TPSA) is 42.2 Å². The van der Waals surface area contributed by atoms with Crippen LogP contribution in [0.5, 0.6) is 0 Å². The predicted molar refractivity (Wildman–Crippen MR) is 73.4 cm³/mol. The van der Waals surface area contributed by atoms with Crippen molar-refractivity contribution in [3.8, 4) is 0 Å². The molecule has 0 aliphatic heterocycles. The zero-order chi connectivity index (χ0) is 15.9. The Labute approximate surface area is 120 Å². The highest BCUT2D eigenvalue weighted by Gasteiger charge is 2.35. The normalized spacial score (nSPS) is 13.9. The molecule has 0 spiro atoms. The first-order chi connectivity index (χ1) is 9.64. The maximum atomic E-state index is 13.2. The van der Waals surface area contributed by atoms with E-state index in [-0.39, 0.29) is 11.6 Å².